The van der Waals surface area contributed by atoms with Crippen LogP contribution in [-0.4, -0.2) is 33.8 Å². The van der Waals surface area contributed by atoms with E-state index in [1.165, 1.54) is 0 Å². The maximum Gasteiger partial charge on any atom is 0.358 e. The monoisotopic (exact) mass is 212 g/mol. The molecule has 1 N–H and O–H groups in total. The molecule has 0 spiro atoms. The summed E-state index contributed by atoms with van der Waals surface area (Å²) >= 11 is 0. The average Bonchev–Trinajstić information content (AvgIpc) is 2.67. The maximum absolute atomic E-state index is 11.2. The Hall–Kier alpha value is -1.36. The van der Waals surface area contributed by atoms with Crippen molar-refractivity contribution in [1.29, 1.82) is 0 Å². The van der Waals surface area contributed by atoms with Crippen molar-refractivity contribution in [2.75, 3.05) is 13.2 Å². The van der Waals surface area contributed by atoms with Crippen LogP contribution in [0.25, 0.3) is 0 Å². The van der Waals surface area contributed by atoms with E-state index >= 15 is 0 Å². The van der Waals surface area contributed by atoms with Gasteiger partial charge in [0.15, 0.2) is 5.69 Å². The van der Waals surface area contributed by atoms with Gasteiger partial charge >= 0.3 is 5.97 Å². The molecule has 1 rings (SSSR count). The second kappa shape index (κ2) is 6.19. The molecule has 0 atom stereocenters. The van der Waals surface area contributed by atoms with Crippen molar-refractivity contribution in [1.82, 2.24) is 9.55 Å². The number of rotatable bonds is 6. The van der Waals surface area contributed by atoms with E-state index in [-0.39, 0.29) is 6.61 Å². The Balaban J connectivity index is 2.45. The van der Waals surface area contributed by atoms with Crippen molar-refractivity contribution in [3.63, 3.8) is 0 Å². The fourth-order valence-electron chi connectivity index (χ4n) is 1.20. The molecule has 0 saturated carbocycles. The Morgan fingerprint density at radius 1 is 1.60 bits per heavy atom. The minimum Gasteiger partial charge on any atom is -0.461 e. The highest BCUT2D eigenvalue weighted by Crippen LogP contribution is 2.01. The number of aliphatic hydroxyl groups is 1. The van der Waals surface area contributed by atoms with Crippen LogP contribution in [0.2, 0.25) is 0 Å². The number of hydrogen-bond acceptors (Lipinski definition) is 4. The van der Waals surface area contributed by atoms with Crippen molar-refractivity contribution in [2.45, 2.75) is 26.3 Å². The number of imidazole rings is 1. The first-order valence-corrected chi connectivity index (χ1v) is 5.07. The summed E-state index contributed by atoms with van der Waals surface area (Å²) in [6.45, 7) is 3.07. The van der Waals surface area contributed by atoms with Crippen LogP contribution in [0.5, 0.6) is 0 Å². The number of ether oxygens (including phenoxy) is 1. The Morgan fingerprint density at radius 2 is 2.40 bits per heavy atom. The highest BCUT2D eigenvalue weighted by Gasteiger charge is 2.09. The lowest BCUT2D eigenvalue weighted by atomic mass is 10.3. The van der Waals surface area contributed by atoms with Gasteiger partial charge in [0, 0.05) is 19.3 Å². The molecule has 0 aliphatic heterocycles. The average molecular weight is 212 g/mol. The highest BCUT2D eigenvalue weighted by molar-refractivity contribution is 5.86. The Kier molecular flexibility index (Phi) is 4.83. The van der Waals surface area contributed by atoms with E-state index in [1.807, 2.05) is 4.57 Å². The third-order valence-electron chi connectivity index (χ3n) is 1.94. The highest BCUT2D eigenvalue weighted by atomic mass is 16.5. The van der Waals surface area contributed by atoms with Crippen LogP contribution in [0.3, 0.4) is 0 Å². The molecule has 15 heavy (non-hydrogen) atoms. The SMILES string of the molecule is CCOC(=O)c1cn(CCCCO)cn1. The summed E-state index contributed by atoms with van der Waals surface area (Å²) in [6.07, 6.45) is 4.89. The van der Waals surface area contributed by atoms with E-state index < -0.39 is 5.97 Å². The summed E-state index contributed by atoms with van der Waals surface area (Å²) in [5.74, 6) is -0.390. The maximum atomic E-state index is 11.2. The first-order chi connectivity index (χ1) is 7.27. The van der Waals surface area contributed by atoms with E-state index in [4.69, 9.17) is 9.84 Å². The summed E-state index contributed by atoms with van der Waals surface area (Å²) in [4.78, 5) is 15.2. The lowest BCUT2D eigenvalue weighted by Gasteiger charge is -1.99. The number of aryl methyl sites for hydroxylation is 1. The summed E-state index contributed by atoms with van der Waals surface area (Å²) in [6, 6.07) is 0. The molecule has 0 aromatic carbocycles. The first kappa shape index (κ1) is 11.7. The van der Waals surface area contributed by atoms with Crippen molar-refractivity contribution in [2.24, 2.45) is 0 Å². The van der Waals surface area contributed by atoms with Gasteiger partial charge in [-0.25, -0.2) is 9.78 Å². The number of carbonyl (C=O) groups is 1. The predicted octanol–water partition coefficient (Wildman–Crippen LogP) is 0.832. The van der Waals surface area contributed by atoms with Crippen LogP contribution in [0.1, 0.15) is 30.3 Å². The van der Waals surface area contributed by atoms with Gasteiger partial charge in [-0.15, -0.1) is 0 Å². The number of hydrogen-bond donors (Lipinski definition) is 1. The van der Waals surface area contributed by atoms with Crippen LogP contribution in [0.4, 0.5) is 0 Å². The van der Waals surface area contributed by atoms with Crippen molar-refractivity contribution in [3.05, 3.63) is 18.2 Å². The zero-order valence-electron chi connectivity index (χ0n) is 8.85. The van der Waals surface area contributed by atoms with Crippen LogP contribution < -0.4 is 0 Å². The summed E-state index contributed by atoms with van der Waals surface area (Å²) < 4.78 is 6.63. The van der Waals surface area contributed by atoms with Crippen LogP contribution in [-0.2, 0) is 11.3 Å². The molecule has 1 aromatic rings. The minimum atomic E-state index is -0.390. The Labute approximate surface area is 88.7 Å². The van der Waals surface area contributed by atoms with Gasteiger partial charge in [0.25, 0.3) is 0 Å². The van der Waals surface area contributed by atoms with Gasteiger partial charge in [-0.3, -0.25) is 0 Å². The molecule has 0 saturated heterocycles. The van der Waals surface area contributed by atoms with Crippen molar-refractivity contribution in [3.8, 4) is 0 Å². The molecular weight excluding hydrogens is 196 g/mol. The molecular formula is C10H16N2O3. The number of unbranched alkanes of at least 4 members (excludes halogenated alkanes) is 1. The fourth-order valence-corrected chi connectivity index (χ4v) is 1.20. The smallest absolute Gasteiger partial charge is 0.358 e. The largest absolute Gasteiger partial charge is 0.461 e. The van der Waals surface area contributed by atoms with E-state index in [2.05, 4.69) is 4.98 Å². The number of carbonyl (C=O) groups excluding carboxylic acids is 1. The molecule has 5 nitrogen and oxygen atoms in total. The normalized spacial score (nSPS) is 10.3. The molecule has 0 amide bonds. The second-order valence-electron chi connectivity index (χ2n) is 3.15. The first-order valence-electron chi connectivity index (χ1n) is 5.07. The second-order valence-corrected chi connectivity index (χ2v) is 3.15. The van der Waals surface area contributed by atoms with Gasteiger partial charge in [0.05, 0.1) is 12.9 Å². The summed E-state index contributed by atoms with van der Waals surface area (Å²) in [7, 11) is 0. The van der Waals surface area contributed by atoms with E-state index in [1.54, 1.807) is 19.4 Å². The lowest BCUT2D eigenvalue weighted by Crippen LogP contribution is -2.04. The van der Waals surface area contributed by atoms with Gasteiger partial charge in [0.2, 0.25) is 0 Å². The minimum absolute atomic E-state index is 0.194. The zero-order valence-corrected chi connectivity index (χ0v) is 8.85. The standard InChI is InChI=1S/C10H16N2O3/c1-2-15-10(14)9-7-12(8-11-9)5-3-4-6-13/h7-8,13H,2-6H2,1H3. The third kappa shape index (κ3) is 3.71. The third-order valence-corrected chi connectivity index (χ3v) is 1.94. The molecule has 1 aromatic heterocycles. The van der Waals surface area contributed by atoms with Gasteiger partial charge in [-0.1, -0.05) is 0 Å². The molecule has 0 radical (unpaired) electrons. The molecule has 0 bridgehead atoms. The Morgan fingerprint density at radius 3 is 3.07 bits per heavy atom. The fraction of sp³-hybridized carbons (Fsp3) is 0.600. The predicted molar refractivity (Wildman–Crippen MR) is 54.5 cm³/mol. The number of nitrogens with zero attached hydrogens (tertiary/aromatic N) is 2. The molecule has 84 valence electrons. The zero-order chi connectivity index (χ0) is 11.1. The van der Waals surface area contributed by atoms with Gasteiger partial charge < -0.3 is 14.4 Å². The van der Waals surface area contributed by atoms with E-state index in [0.29, 0.717) is 12.3 Å². The van der Waals surface area contributed by atoms with Gasteiger partial charge in [-0.05, 0) is 19.8 Å². The molecule has 0 aliphatic rings. The van der Waals surface area contributed by atoms with Crippen LogP contribution in [0.15, 0.2) is 12.5 Å². The molecule has 0 unspecified atom stereocenters. The number of aromatic nitrogens is 2. The Bertz CT molecular complexity index is 309. The molecule has 0 aliphatic carbocycles. The molecule has 5 heteroatoms. The van der Waals surface area contributed by atoms with Crippen molar-refractivity contribution >= 4 is 5.97 Å². The van der Waals surface area contributed by atoms with Gasteiger partial charge in [0.1, 0.15) is 0 Å². The molecule has 0 fully saturated rings. The summed E-state index contributed by atoms with van der Waals surface area (Å²) in [5.41, 5.74) is 0.334. The van der Waals surface area contributed by atoms with E-state index in [0.717, 1.165) is 19.4 Å². The number of esters is 1. The number of aliphatic hydroxyl groups excluding tert-OH is 1. The summed E-state index contributed by atoms with van der Waals surface area (Å²) in [5, 5.41) is 8.61. The van der Waals surface area contributed by atoms with E-state index in [9.17, 15) is 4.79 Å². The van der Waals surface area contributed by atoms with Crippen molar-refractivity contribution < 1.29 is 14.6 Å². The molecule has 1 heterocycles. The topological polar surface area (TPSA) is 64.3 Å². The quantitative estimate of drug-likeness (QED) is 0.560. The van der Waals surface area contributed by atoms with Crippen LogP contribution >= 0.6 is 0 Å². The van der Waals surface area contributed by atoms with Gasteiger partial charge in [-0.2, -0.15) is 0 Å². The lowest BCUT2D eigenvalue weighted by molar-refractivity contribution is 0.0520. The van der Waals surface area contributed by atoms with Crippen LogP contribution in [0, 0.1) is 0 Å².